The average Bonchev–Trinajstić information content (AvgIpc) is 2.98. The van der Waals surface area contributed by atoms with E-state index in [2.05, 4.69) is 17.2 Å². The molecule has 19 heavy (non-hydrogen) atoms. The van der Waals surface area contributed by atoms with Crippen LogP contribution < -0.4 is 11.1 Å². The van der Waals surface area contributed by atoms with E-state index in [9.17, 15) is 4.79 Å². The number of carbonyl (C=O) groups is 1. The summed E-state index contributed by atoms with van der Waals surface area (Å²) < 4.78 is 0. The van der Waals surface area contributed by atoms with Crippen molar-refractivity contribution in [3.8, 4) is 0 Å². The highest BCUT2D eigenvalue weighted by molar-refractivity contribution is 7.09. The smallest absolute Gasteiger partial charge is 0.251 e. The lowest BCUT2D eigenvalue weighted by atomic mass is 10.1. The first-order chi connectivity index (χ1) is 9.20. The molecule has 5 heteroatoms. The van der Waals surface area contributed by atoms with Crippen LogP contribution >= 0.6 is 11.3 Å². The van der Waals surface area contributed by atoms with Crippen LogP contribution in [0, 0.1) is 0 Å². The predicted octanol–water partition coefficient (Wildman–Crippen LogP) is 2.14. The summed E-state index contributed by atoms with van der Waals surface area (Å²) >= 11 is 1.61. The fraction of sp³-hybridized carbons (Fsp3) is 0.286. The minimum absolute atomic E-state index is 0.0630. The molecule has 2 aromatic rings. The first-order valence-electron chi connectivity index (χ1n) is 6.17. The molecule has 3 N–H and O–H groups in total. The van der Waals surface area contributed by atoms with Crippen molar-refractivity contribution in [2.45, 2.75) is 19.4 Å². The molecule has 0 spiro atoms. The number of nitrogens with two attached hydrogens (primary N) is 1. The normalized spacial score (nSPS) is 12.1. The zero-order valence-electron chi connectivity index (χ0n) is 10.8. The lowest BCUT2D eigenvalue weighted by Gasteiger charge is -2.10. The van der Waals surface area contributed by atoms with E-state index in [-0.39, 0.29) is 11.8 Å². The van der Waals surface area contributed by atoms with Gasteiger partial charge in [0.2, 0.25) is 0 Å². The fourth-order valence-corrected chi connectivity index (χ4v) is 2.40. The Morgan fingerprint density at radius 2 is 2.16 bits per heavy atom. The molecule has 0 saturated carbocycles. The van der Waals surface area contributed by atoms with E-state index in [1.807, 2.05) is 17.5 Å². The van der Waals surface area contributed by atoms with Crippen LogP contribution in [0.4, 0.5) is 0 Å². The number of amides is 1. The molecule has 100 valence electrons. The second kappa shape index (κ2) is 6.45. The third-order valence-electron chi connectivity index (χ3n) is 2.89. The van der Waals surface area contributed by atoms with Gasteiger partial charge in [-0.2, -0.15) is 0 Å². The third kappa shape index (κ3) is 3.62. The number of benzene rings is 1. The van der Waals surface area contributed by atoms with Gasteiger partial charge in [0.25, 0.3) is 5.91 Å². The SMILES string of the molecule is CC(CNC(=O)c1ccc(CN)cc1)c1nccs1. The molecular formula is C14H17N3OS. The molecule has 1 unspecified atom stereocenters. The second-order valence-electron chi connectivity index (χ2n) is 4.38. The van der Waals surface area contributed by atoms with Crippen LogP contribution in [-0.2, 0) is 6.54 Å². The summed E-state index contributed by atoms with van der Waals surface area (Å²) in [6.45, 7) is 3.13. The van der Waals surface area contributed by atoms with E-state index in [1.54, 1.807) is 29.7 Å². The molecule has 4 nitrogen and oxygen atoms in total. The van der Waals surface area contributed by atoms with Crippen LogP contribution in [0.25, 0.3) is 0 Å². The van der Waals surface area contributed by atoms with Gasteiger partial charge in [-0.25, -0.2) is 4.98 Å². The van der Waals surface area contributed by atoms with Gasteiger partial charge in [0.1, 0.15) is 0 Å². The van der Waals surface area contributed by atoms with E-state index >= 15 is 0 Å². The quantitative estimate of drug-likeness (QED) is 0.878. The number of carbonyl (C=O) groups excluding carboxylic acids is 1. The molecule has 1 aromatic carbocycles. The Balaban J connectivity index is 1.90. The Morgan fingerprint density at radius 3 is 2.74 bits per heavy atom. The summed E-state index contributed by atoms with van der Waals surface area (Å²) in [5, 5.41) is 5.91. The van der Waals surface area contributed by atoms with Crippen LogP contribution in [0.3, 0.4) is 0 Å². The first-order valence-corrected chi connectivity index (χ1v) is 7.05. The maximum atomic E-state index is 12.0. The van der Waals surface area contributed by atoms with Crippen LogP contribution in [-0.4, -0.2) is 17.4 Å². The fourth-order valence-electron chi connectivity index (χ4n) is 1.71. The van der Waals surface area contributed by atoms with Crippen molar-refractivity contribution in [2.75, 3.05) is 6.54 Å². The van der Waals surface area contributed by atoms with Crippen molar-refractivity contribution in [1.82, 2.24) is 10.3 Å². The van der Waals surface area contributed by atoms with Crippen LogP contribution in [0.2, 0.25) is 0 Å². The molecule has 1 amide bonds. The van der Waals surface area contributed by atoms with Crippen molar-refractivity contribution >= 4 is 17.2 Å². The lowest BCUT2D eigenvalue weighted by Crippen LogP contribution is -2.27. The van der Waals surface area contributed by atoms with Gasteiger partial charge in [-0.15, -0.1) is 11.3 Å². The van der Waals surface area contributed by atoms with Crippen LogP contribution in [0.5, 0.6) is 0 Å². The van der Waals surface area contributed by atoms with Gasteiger partial charge in [0, 0.05) is 36.1 Å². The molecule has 0 radical (unpaired) electrons. The van der Waals surface area contributed by atoms with E-state index in [0.717, 1.165) is 10.6 Å². The average molecular weight is 275 g/mol. The Hall–Kier alpha value is -1.72. The Morgan fingerprint density at radius 1 is 1.42 bits per heavy atom. The molecule has 2 rings (SSSR count). The molecule has 0 saturated heterocycles. The first kappa shape index (κ1) is 13.7. The Labute approximate surface area is 116 Å². The van der Waals surface area contributed by atoms with Gasteiger partial charge < -0.3 is 11.1 Å². The van der Waals surface area contributed by atoms with E-state index in [4.69, 9.17) is 5.73 Å². The Kier molecular flexibility index (Phi) is 4.65. The van der Waals surface area contributed by atoms with Crippen molar-refractivity contribution in [3.63, 3.8) is 0 Å². The summed E-state index contributed by atoms with van der Waals surface area (Å²) in [6.07, 6.45) is 1.78. The number of hydrogen-bond donors (Lipinski definition) is 2. The Bertz CT molecular complexity index is 522. The molecule has 1 atom stereocenters. The van der Waals surface area contributed by atoms with E-state index < -0.39 is 0 Å². The summed E-state index contributed by atoms with van der Waals surface area (Å²) in [7, 11) is 0. The molecule has 0 aliphatic carbocycles. The maximum absolute atomic E-state index is 12.0. The molecule has 0 aliphatic rings. The van der Waals surface area contributed by atoms with E-state index in [1.165, 1.54) is 0 Å². The maximum Gasteiger partial charge on any atom is 0.251 e. The highest BCUT2D eigenvalue weighted by Gasteiger charge is 2.11. The van der Waals surface area contributed by atoms with Crippen LogP contribution in [0.1, 0.15) is 33.8 Å². The molecule has 1 aromatic heterocycles. The predicted molar refractivity (Wildman–Crippen MR) is 77.2 cm³/mol. The van der Waals surface area contributed by atoms with Crippen molar-refractivity contribution in [2.24, 2.45) is 5.73 Å². The van der Waals surface area contributed by atoms with Crippen LogP contribution in [0.15, 0.2) is 35.8 Å². The number of aromatic nitrogens is 1. The second-order valence-corrected chi connectivity index (χ2v) is 5.31. The monoisotopic (exact) mass is 275 g/mol. The third-order valence-corrected chi connectivity index (χ3v) is 3.90. The zero-order chi connectivity index (χ0) is 13.7. The molecule has 1 heterocycles. The van der Waals surface area contributed by atoms with Gasteiger partial charge in [0.15, 0.2) is 0 Å². The number of rotatable bonds is 5. The minimum atomic E-state index is -0.0630. The molecular weight excluding hydrogens is 258 g/mol. The van der Waals surface area contributed by atoms with Gasteiger partial charge in [-0.05, 0) is 17.7 Å². The summed E-state index contributed by atoms with van der Waals surface area (Å²) in [5.41, 5.74) is 7.20. The largest absolute Gasteiger partial charge is 0.351 e. The topological polar surface area (TPSA) is 68.0 Å². The van der Waals surface area contributed by atoms with Crippen molar-refractivity contribution < 1.29 is 4.79 Å². The summed E-state index contributed by atoms with van der Waals surface area (Å²) in [6, 6.07) is 7.34. The number of hydrogen-bond acceptors (Lipinski definition) is 4. The molecule has 0 fully saturated rings. The number of nitrogens with zero attached hydrogens (tertiary/aromatic N) is 1. The van der Waals surface area contributed by atoms with Gasteiger partial charge in [-0.1, -0.05) is 19.1 Å². The van der Waals surface area contributed by atoms with Gasteiger partial charge >= 0.3 is 0 Å². The van der Waals surface area contributed by atoms with E-state index in [0.29, 0.717) is 18.7 Å². The molecule has 0 aliphatic heterocycles. The minimum Gasteiger partial charge on any atom is -0.351 e. The van der Waals surface area contributed by atoms with Crippen molar-refractivity contribution in [3.05, 3.63) is 52.0 Å². The molecule has 0 bridgehead atoms. The van der Waals surface area contributed by atoms with Crippen molar-refractivity contribution in [1.29, 1.82) is 0 Å². The highest BCUT2D eigenvalue weighted by Crippen LogP contribution is 2.16. The standard InChI is InChI=1S/C14H17N3OS/c1-10(14-16-6-7-19-14)9-17-13(18)12-4-2-11(8-15)3-5-12/h2-7,10H,8-9,15H2,1H3,(H,17,18). The highest BCUT2D eigenvalue weighted by atomic mass is 32.1. The van der Waals surface area contributed by atoms with Gasteiger partial charge in [0.05, 0.1) is 5.01 Å². The lowest BCUT2D eigenvalue weighted by molar-refractivity contribution is 0.0951. The summed E-state index contributed by atoms with van der Waals surface area (Å²) in [5.74, 6) is 0.166. The zero-order valence-corrected chi connectivity index (χ0v) is 11.6. The summed E-state index contributed by atoms with van der Waals surface area (Å²) in [4.78, 5) is 16.2. The number of thiazole rings is 1. The number of nitrogens with one attached hydrogen (secondary N) is 1. The van der Waals surface area contributed by atoms with Gasteiger partial charge in [-0.3, -0.25) is 4.79 Å².